The molecule has 19 heavy (non-hydrogen) atoms. The van der Waals surface area contributed by atoms with E-state index in [4.69, 9.17) is 5.26 Å². The maximum atomic E-state index is 13.2. The van der Waals surface area contributed by atoms with Crippen molar-refractivity contribution in [2.45, 2.75) is 6.92 Å². The summed E-state index contributed by atoms with van der Waals surface area (Å²) >= 11 is 0. The molecule has 1 aromatic heterocycles. The molecule has 0 radical (unpaired) electrons. The van der Waals surface area contributed by atoms with Crippen LogP contribution in [0.3, 0.4) is 0 Å². The number of rotatable bonds is 4. The molecule has 0 aliphatic heterocycles. The number of anilines is 3. The van der Waals surface area contributed by atoms with Gasteiger partial charge in [0.1, 0.15) is 29.8 Å². The Morgan fingerprint density at radius 3 is 2.79 bits per heavy atom. The van der Waals surface area contributed by atoms with E-state index in [-0.39, 0.29) is 5.56 Å². The first-order chi connectivity index (χ1) is 9.22. The molecule has 1 heterocycles. The van der Waals surface area contributed by atoms with E-state index in [1.54, 1.807) is 18.2 Å². The Bertz CT molecular complexity index is 621. The Morgan fingerprint density at radius 2 is 2.05 bits per heavy atom. The number of nitrogens with one attached hydrogen (secondary N) is 2. The number of halogens is 1. The largest absolute Gasteiger partial charge is 0.370 e. The molecule has 0 aliphatic rings. The molecule has 0 amide bonds. The third kappa shape index (κ3) is 3.16. The molecule has 0 unspecified atom stereocenters. The zero-order chi connectivity index (χ0) is 13.7. The maximum Gasteiger partial charge on any atom is 0.141 e. The van der Waals surface area contributed by atoms with Gasteiger partial charge in [0.25, 0.3) is 0 Å². The molecule has 0 atom stereocenters. The highest BCUT2D eigenvalue weighted by Crippen LogP contribution is 2.19. The highest BCUT2D eigenvalue weighted by molar-refractivity contribution is 5.60. The van der Waals surface area contributed by atoms with Crippen molar-refractivity contribution in [3.63, 3.8) is 0 Å². The van der Waals surface area contributed by atoms with E-state index in [9.17, 15) is 4.39 Å². The third-order valence-electron chi connectivity index (χ3n) is 2.38. The Kier molecular flexibility index (Phi) is 3.88. The highest BCUT2D eigenvalue weighted by Gasteiger charge is 2.04. The SMILES string of the molecule is CCNc1cc(Nc2ccc(F)c(C#N)c2)ncn1. The average Bonchev–Trinajstić information content (AvgIpc) is 2.42. The molecule has 0 saturated heterocycles. The maximum absolute atomic E-state index is 13.2. The van der Waals surface area contributed by atoms with Gasteiger partial charge in [-0.2, -0.15) is 5.26 Å². The van der Waals surface area contributed by atoms with Gasteiger partial charge in [0.05, 0.1) is 5.56 Å². The molecule has 0 bridgehead atoms. The summed E-state index contributed by atoms with van der Waals surface area (Å²) in [5.74, 6) is 0.730. The van der Waals surface area contributed by atoms with Gasteiger partial charge in [-0.3, -0.25) is 0 Å². The highest BCUT2D eigenvalue weighted by atomic mass is 19.1. The molecule has 2 aromatic rings. The topological polar surface area (TPSA) is 73.6 Å². The zero-order valence-corrected chi connectivity index (χ0v) is 10.3. The van der Waals surface area contributed by atoms with Gasteiger partial charge in [-0.1, -0.05) is 0 Å². The molecule has 0 spiro atoms. The molecule has 2 N–H and O–H groups in total. The fourth-order valence-corrected chi connectivity index (χ4v) is 1.54. The summed E-state index contributed by atoms with van der Waals surface area (Å²) in [6.07, 6.45) is 1.43. The standard InChI is InChI=1S/C13H12FN5/c1-2-16-12-6-13(18-8-17-12)19-10-3-4-11(14)9(5-10)7-15/h3-6,8H,2H2,1H3,(H2,16,17,18,19). The second-order valence-corrected chi connectivity index (χ2v) is 3.75. The van der Waals surface area contributed by atoms with E-state index in [0.717, 1.165) is 6.54 Å². The summed E-state index contributed by atoms with van der Waals surface area (Å²) in [4.78, 5) is 8.10. The van der Waals surface area contributed by atoms with E-state index >= 15 is 0 Å². The molecule has 0 aliphatic carbocycles. The van der Waals surface area contributed by atoms with Crippen LogP contribution in [-0.2, 0) is 0 Å². The number of benzene rings is 1. The number of nitrogens with zero attached hydrogens (tertiary/aromatic N) is 3. The Hall–Kier alpha value is -2.68. The predicted octanol–water partition coefficient (Wildman–Crippen LogP) is 2.66. The van der Waals surface area contributed by atoms with Crippen LogP contribution in [0.15, 0.2) is 30.6 Å². The summed E-state index contributed by atoms with van der Waals surface area (Å²) in [6.45, 7) is 2.72. The molecule has 6 heteroatoms. The van der Waals surface area contributed by atoms with Crippen molar-refractivity contribution in [2.75, 3.05) is 17.2 Å². The fraction of sp³-hybridized carbons (Fsp3) is 0.154. The summed E-state index contributed by atoms with van der Waals surface area (Å²) in [5.41, 5.74) is 0.588. The Balaban J connectivity index is 2.21. The molecule has 0 fully saturated rings. The summed E-state index contributed by atoms with van der Waals surface area (Å²) in [7, 11) is 0. The van der Waals surface area contributed by atoms with Crippen molar-refractivity contribution < 1.29 is 4.39 Å². The van der Waals surface area contributed by atoms with E-state index in [2.05, 4.69) is 20.6 Å². The van der Waals surface area contributed by atoms with Crippen LogP contribution in [0.5, 0.6) is 0 Å². The predicted molar refractivity (Wildman–Crippen MR) is 70.6 cm³/mol. The Morgan fingerprint density at radius 1 is 1.26 bits per heavy atom. The van der Waals surface area contributed by atoms with Crippen LogP contribution in [0.1, 0.15) is 12.5 Å². The van der Waals surface area contributed by atoms with Crippen molar-refractivity contribution in [3.8, 4) is 6.07 Å². The average molecular weight is 257 g/mol. The number of aromatic nitrogens is 2. The quantitative estimate of drug-likeness (QED) is 0.880. The lowest BCUT2D eigenvalue weighted by Crippen LogP contribution is -2.01. The van der Waals surface area contributed by atoms with Crippen LogP contribution in [0.25, 0.3) is 0 Å². The minimum Gasteiger partial charge on any atom is -0.370 e. The molecule has 1 aromatic carbocycles. The summed E-state index contributed by atoms with van der Waals surface area (Å²) < 4.78 is 13.2. The smallest absolute Gasteiger partial charge is 0.141 e. The van der Waals surface area contributed by atoms with Crippen LogP contribution < -0.4 is 10.6 Å². The normalized spacial score (nSPS) is 9.74. The third-order valence-corrected chi connectivity index (χ3v) is 2.38. The van der Waals surface area contributed by atoms with Crippen molar-refractivity contribution in [1.82, 2.24) is 9.97 Å². The summed E-state index contributed by atoms with van der Waals surface area (Å²) in [5, 5.41) is 14.8. The van der Waals surface area contributed by atoms with Crippen LogP contribution in [0, 0.1) is 17.1 Å². The first kappa shape index (κ1) is 12.8. The van der Waals surface area contributed by atoms with Crippen LogP contribution in [-0.4, -0.2) is 16.5 Å². The molecular formula is C13H12FN5. The van der Waals surface area contributed by atoms with Crippen LogP contribution in [0.4, 0.5) is 21.7 Å². The second-order valence-electron chi connectivity index (χ2n) is 3.75. The van der Waals surface area contributed by atoms with Crippen LogP contribution in [0.2, 0.25) is 0 Å². The van der Waals surface area contributed by atoms with Gasteiger partial charge in [0.15, 0.2) is 0 Å². The van der Waals surface area contributed by atoms with Crippen molar-refractivity contribution >= 4 is 17.3 Å². The van der Waals surface area contributed by atoms with Gasteiger partial charge in [0.2, 0.25) is 0 Å². The number of hydrogen-bond donors (Lipinski definition) is 2. The van der Waals surface area contributed by atoms with Gasteiger partial charge in [-0.25, -0.2) is 14.4 Å². The Labute approximate surface area is 110 Å². The monoisotopic (exact) mass is 257 g/mol. The lowest BCUT2D eigenvalue weighted by atomic mass is 10.2. The number of hydrogen-bond acceptors (Lipinski definition) is 5. The zero-order valence-electron chi connectivity index (χ0n) is 10.3. The lowest BCUT2D eigenvalue weighted by Gasteiger charge is -2.08. The van der Waals surface area contributed by atoms with Gasteiger partial charge in [0, 0.05) is 18.3 Å². The molecular weight excluding hydrogens is 245 g/mol. The van der Waals surface area contributed by atoms with Gasteiger partial charge in [-0.05, 0) is 25.1 Å². The summed E-state index contributed by atoms with van der Waals surface area (Å²) in [6, 6.07) is 7.75. The van der Waals surface area contributed by atoms with Gasteiger partial charge < -0.3 is 10.6 Å². The second kappa shape index (κ2) is 5.78. The van der Waals surface area contributed by atoms with Crippen LogP contribution >= 0.6 is 0 Å². The van der Waals surface area contributed by atoms with Crippen molar-refractivity contribution in [2.24, 2.45) is 0 Å². The first-order valence-electron chi connectivity index (χ1n) is 5.75. The molecule has 5 nitrogen and oxygen atoms in total. The van der Waals surface area contributed by atoms with Crippen molar-refractivity contribution in [3.05, 3.63) is 42.0 Å². The van der Waals surface area contributed by atoms with Gasteiger partial charge >= 0.3 is 0 Å². The minimum atomic E-state index is -0.538. The number of nitriles is 1. The lowest BCUT2D eigenvalue weighted by molar-refractivity contribution is 0.624. The van der Waals surface area contributed by atoms with E-state index in [0.29, 0.717) is 17.3 Å². The fourth-order valence-electron chi connectivity index (χ4n) is 1.54. The molecule has 0 saturated carbocycles. The molecule has 2 rings (SSSR count). The van der Waals surface area contributed by atoms with E-state index < -0.39 is 5.82 Å². The molecule has 96 valence electrons. The van der Waals surface area contributed by atoms with E-state index in [1.165, 1.54) is 18.5 Å². The van der Waals surface area contributed by atoms with E-state index in [1.807, 2.05) is 6.92 Å². The minimum absolute atomic E-state index is 0.00837. The van der Waals surface area contributed by atoms with Gasteiger partial charge in [-0.15, -0.1) is 0 Å². The first-order valence-corrected chi connectivity index (χ1v) is 5.75. The van der Waals surface area contributed by atoms with Crippen molar-refractivity contribution in [1.29, 1.82) is 5.26 Å².